The van der Waals surface area contributed by atoms with Crippen LogP contribution in [0.5, 0.6) is 0 Å². The molecule has 1 saturated heterocycles. The molecule has 2 aromatic rings. The van der Waals surface area contributed by atoms with E-state index in [9.17, 15) is 28.8 Å². The number of primary amides is 5. The Morgan fingerprint density at radius 1 is 0.604 bits per heavy atom. The van der Waals surface area contributed by atoms with Gasteiger partial charge in [0.1, 0.15) is 0 Å². The van der Waals surface area contributed by atoms with Crippen LogP contribution in [-0.4, -0.2) is 53.4 Å². The molecule has 0 bridgehead atoms. The number of amides is 6. The van der Waals surface area contributed by atoms with Gasteiger partial charge in [0.15, 0.2) is 0 Å². The number of nitrogens with zero attached hydrogens (tertiary/aromatic N) is 1. The smallest absolute Gasteiger partial charge is 0.253 e. The number of unbranched alkanes of at least 4 members (excludes halogenated alkanes) is 6. The quantitative estimate of drug-likeness (QED) is 0.165. The van der Waals surface area contributed by atoms with Crippen molar-refractivity contribution in [1.29, 1.82) is 0 Å². The summed E-state index contributed by atoms with van der Waals surface area (Å²) < 4.78 is 0. The normalized spacial score (nSPS) is 13.0. The van der Waals surface area contributed by atoms with Gasteiger partial charge in [0, 0.05) is 47.7 Å². The van der Waals surface area contributed by atoms with Crippen molar-refractivity contribution in [3.63, 3.8) is 0 Å². The highest BCUT2D eigenvalue weighted by Crippen LogP contribution is 2.16. The summed E-state index contributed by atoms with van der Waals surface area (Å²) in [5.41, 5.74) is 27.1. The van der Waals surface area contributed by atoms with Gasteiger partial charge in [0.05, 0.1) is 0 Å². The largest absolute Gasteiger partial charge is 0.370 e. The van der Waals surface area contributed by atoms with Gasteiger partial charge < -0.3 is 33.6 Å². The fourth-order valence-corrected chi connectivity index (χ4v) is 5.18. The van der Waals surface area contributed by atoms with Gasteiger partial charge in [0.25, 0.3) is 5.91 Å². The van der Waals surface area contributed by atoms with E-state index in [1.165, 1.54) is 56.7 Å². The van der Waals surface area contributed by atoms with E-state index in [1.807, 2.05) is 11.8 Å². The van der Waals surface area contributed by atoms with Crippen LogP contribution in [-0.2, 0) is 9.59 Å². The Hall–Kier alpha value is -4.74. The molecule has 1 heterocycles. The van der Waals surface area contributed by atoms with Crippen LogP contribution in [0.1, 0.15) is 138 Å². The Labute approximate surface area is 284 Å². The molecule has 1 unspecified atom stereocenters. The van der Waals surface area contributed by atoms with Crippen LogP contribution in [0.4, 0.5) is 0 Å². The lowest BCUT2D eigenvalue weighted by atomic mass is 9.97. The van der Waals surface area contributed by atoms with E-state index >= 15 is 0 Å². The van der Waals surface area contributed by atoms with Crippen molar-refractivity contribution in [3.8, 4) is 0 Å². The zero-order valence-corrected chi connectivity index (χ0v) is 28.3. The van der Waals surface area contributed by atoms with E-state index in [4.69, 9.17) is 28.7 Å². The minimum absolute atomic E-state index is 0.0490. The minimum Gasteiger partial charge on any atom is -0.370 e. The van der Waals surface area contributed by atoms with Crippen molar-refractivity contribution >= 4 is 35.4 Å². The molecule has 12 nitrogen and oxygen atoms in total. The Morgan fingerprint density at radius 3 is 1.50 bits per heavy atom. The minimum atomic E-state index is -0.571. The Balaban J connectivity index is 0.000000368. The average molecular weight is 667 g/mol. The highest BCUT2D eigenvalue weighted by molar-refractivity contribution is 5.98. The fraction of sp³-hybridized carbons (Fsp3) is 0.500. The number of hydrogen-bond donors (Lipinski definition) is 5. The molecule has 1 aliphatic heterocycles. The van der Waals surface area contributed by atoms with Crippen LogP contribution in [0.2, 0.25) is 0 Å². The van der Waals surface area contributed by atoms with E-state index in [1.54, 1.807) is 30.3 Å². The number of likely N-dealkylation sites (tertiary alicyclic amines) is 1. The monoisotopic (exact) mass is 666 g/mol. The lowest BCUT2D eigenvalue weighted by Gasteiger charge is -2.20. The van der Waals surface area contributed by atoms with Crippen LogP contribution in [0, 0.1) is 5.92 Å². The molecule has 0 aliphatic carbocycles. The number of benzene rings is 2. The zero-order chi connectivity index (χ0) is 35.9. The number of nitrogens with two attached hydrogens (primary N) is 5. The third-order valence-electron chi connectivity index (χ3n) is 8.11. The van der Waals surface area contributed by atoms with Gasteiger partial charge in [-0.1, -0.05) is 64.4 Å². The molecule has 264 valence electrons. The number of carbonyl (C=O) groups excluding carboxylic acids is 6. The van der Waals surface area contributed by atoms with Gasteiger partial charge >= 0.3 is 0 Å². The summed E-state index contributed by atoms with van der Waals surface area (Å²) in [6.07, 6.45) is 14.6. The third kappa shape index (κ3) is 17.3. The van der Waals surface area contributed by atoms with Crippen molar-refractivity contribution < 1.29 is 28.8 Å². The molecule has 10 N–H and O–H groups in total. The van der Waals surface area contributed by atoms with E-state index in [0.717, 1.165) is 58.0 Å². The lowest BCUT2D eigenvalue weighted by Crippen LogP contribution is -2.31. The molecule has 1 aliphatic rings. The van der Waals surface area contributed by atoms with E-state index in [2.05, 4.69) is 0 Å². The van der Waals surface area contributed by atoms with E-state index in [-0.39, 0.29) is 34.8 Å². The maximum Gasteiger partial charge on any atom is 0.253 e. The van der Waals surface area contributed by atoms with Crippen LogP contribution >= 0.6 is 0 Å². The fourth-order valence-electron chi connectivity index (χ4n) is 5.18. The summed E-state index contributed by atoms with van der Waals surface area (Å²) >= 11 is 0. The lowest BCUT2D eigenvalue weighted by molar-refractivity contribution is -0.122. The Kier molecular flexibility index (Phi) is 20.3. The average Bonchev–Trinajstić information content (AvgIpc) is 3.35. The second-order valence-electron chi connectivity index (χ2n) is 11.9. The standard InChI is InChI=1S/C14H18N2O2.C14H28N2O2.C8H8N2O2/c15-13(17)11-5-7-12(8-6-11)14(18)16-9-3-1-2-4-10-16;1-2-12(14(16)18)10-8-6-4-3-5-7-9-11-13(15)17;9-7(11)5-2-1-3-6(4-5)8(10)12/h5-8H,1-4,9-10H2,(H2,15,17);12H,2-11H2,1H3,(H2,15,17)(H2,16,18);1-4H,(H2,9,11)(H2,10,12). The van der Waals surface area contributed by atoms with Gasteiger partial charge in [-0.3, -0.25) is 28.8 Å². The first-order chi connectivity index (χ1) is 22.9. The first-order valence-corrected chi connectivity index (χ1v) is 16.8. The zero-order valence-electron chi connectivity index (χ0n) is 28.3. The second kappa shape index (κ2) is 23.6. The van der Waals surface area contributed by atoms with Gasteiger partial charge in [-0.05, 0) is 74.6 Å². The van der Waals surface area contributed by atoms with E-state index in [0.29, 0.717) is 17.5 Å². The molecule has 0 radical (unpaired) electrons. The molecule has 2 aromatic carbocycles. The van der Waals surface area contributed by atoms with Crippen LogP contribution < -0.4 is 28.7 Å². The highest BCUT2D eigenvalue weighted by Gasteiger charge is 2.17. The first-order valence-electron chi connectivity index (χ1n) is 16.8. The van der Waals surface area contributed by atoms with Crippen LogP contribution in [0.25, 0.3) is 0 Å². The summed E-state index contributed by atoms with van der Waals surface area (Å²) in [6.45, 7) is 3.67. The molecular weight excluding hydrogens is 612 g/mol. The first kappa shape index (κ1) is 41.3. The third-order valence-corrected chi connectivity index (χ3v) is 8.11. The molecule has 6 amide bonds. The second-order valence-corrected chi connectivity index (χ2v) is 11.9. The summed E-state index contributed by atoms with van der Waals surface area (Å²) in [5.74, 6) is -1.87. The maximum atomic E-state index is 12.2. The summed E-state index contributed by atoms with van der Waals surface area (Å²) in [7, 11) is 0. The molecule has 3 rings (SSSR count). The topological polar surface area (TPSA) is 236 Å². The SMILES string of the molecule is CCC(CCCCCCCCCC(N)=O)C(N)=O.NC(=O)c1ccc(C(=O)N2CCCCCC2)cc1.NC(=O)c1cccc(C(N)=O)c1. The Morgan fingerprint density at radius 2 is 1.06 bits per heavy atom. The van der Waals surface area contributed by atoms with Crippen molar-refractivity contribution in [2.75, 3.05) is 13.1 Å². The van der Waals surface area contributed by atoms with Crippen molar-refractivity contribution in [1.82, 2.24) is 4.90 Å². The summed E-state index contributed by atoms with van der Waals surface area (Å²) in [6, 6.07) is 12.5. The van der Waals surface area contributed by atoms with Crippen molar-refractivity contribution in [2.45, 2.75) is 96.8 Å². The van der Waals surface area contributed by atoms with Crippen molar-refractivity contribution in [3.05, 3.63) is 70.8 Å². The van der Waals surface area contributed by atoms with Crippen molar-refractivity contribution in [2.24, 2.45) is 34.6 Å². The van der Waals surface area contributed by atoms with Gasteiger partial charge in [-0.15, -0.1) is 0 Å². The molecule has 12 heteroatoms. The molecule has 48 heavy (non-hydrogen) atoms. The molecule has 0 saturated carbocycles. The number of hydrogen-bond acceptors (Lipinski definition) is 6. The molecule has 1 fully saturated rings. The number of carbonyl (C=O) groups is 6. The molecule has 0 spiro atoms. The highest BCUT2D eigenvalue weighted by atomic mass is 16.2. The van der Waals surface area contributed by atoms with Gasteiger partial charge in [-0.2, -0.15) is 0 Å². The number of rotatable bonds is 16. The summed E-state index contributed by atoms with van der Waals surface area (Å²) in [4.78, 5) is 67.9. The Bertz CT molecular complexity index is 1290. The van der Waals surface area contributed by atoms with Crippen LogP contribution in [0.15, 0.2) is 48.5 Å². The summed E-state index contributed by atoms with van der Waals surface area (Å²) in [5, 5.41) is 0. The molecule has 1 atom stereocenters. The van der Waals surface area contributed by atoms with Gasteiger partial charge in [0.2, 0.25) is 29.5 Å². The predicted octanol–water partition coefficient (Wildman–Crippen LogP) is 4.18. The maximum absolute atomic E-state index is 12.2. The molecular formula is C36H54N6O6. The predicted molar refractivity (Wildman–Crippen MR) is 187 cm³/mol. The van der Waals surface area contributed by atoms with E-state index < -0.39 is 17.7 Å². The molecule has 0 aromatic heterocycles. The van der Waals surface area contributed by atoms with Gasteiger partial charge in [-0.25, -0.2) is 0 Å². The van der Waals surface area contributed by atoms with Crippen LogP contribution in [0.3, 0.4) is 0 Å².